The zero-order valence-corrected chi connectivity index (χ0v) is 11.5. The van der Waals surface area contributed by atoms with Gasteiger partial charge >= 0.3 is 0 Å². The van der Waals surface area contributed by atoms with Gasteiger partial charge in [0.25, 0.3) is 0 Å². The number of nitrogens with one attached hydrogen (secondary N) is 1. The third-order valence-electron chi connectivity index (χ3n) is 4.22. The normalized spacial score (nSPS) is 16.5. The van der Waals surface area contributed by atoms with Gasteiger partial charge in [-0.2, -0.15) is 0 Å². The van der Waals surface area contributed by atoms with E-state index in [2.05, 4.69) is 22.9 Å². The van der Waals surface area contributed by atoms with Crippen LogP contribution in [0, 0.1) is 0 Å². The molecule has 102 valence electrons. The van der Waals surface area contributed by atoms with Crippen LogP contribution < -0.4 is 5.32 Å². The number of phenols is 1. The van der Waals surface area contributed by atoms with Crippen molar-refractivity contribution in [3.63, 3.8) is 0 Å². The molecule has 2 aromatic rings. The Balaban J connectivity index is 1.85. The van der Waals surface area contributed by atoms with Crippen molar-refractivity contribution < 1.29 is 5.11 Å². The molecule has 0 radical (unpaired) electrons. The van der Waals surface area contributed by atoms with Crippen molar-refractivity contribution in [3.8, 4) is 5.75 Å². The molecule has 1 aromatic heterocycles. The molecule has 2 N–H and O–H groups in total. The smallest absolute Gasteiger partial charge is 0.117 e. The van der Waals surface area contributed by atoms with Crippen molar-refractivity contribution in [1.82, 2.24) is 9.88 Å². The minimum atomic E-state index is 0.343. The van der Waals surface area contributed by atoms with Crippen LogP contribution in [0.4, 0.5) is 0 Å². The summed E-state index contributed by atoms with van der Waals surface area (Å²) in [6.07, 6.45) is 5.35. The van der Waals surface area contributed by atoms with Crippen molar-refractivity contribution in [2.45, 2.75) is 51.7 Å². The first-order valence-corrected chi connectivity index (χ1v) is 7.32. The minimum absolute atomic E-state index is 0.343. The molecule has 0 amide bonds. The number of aryl methyl sites for hydroxylation is 1. The van der Waals surface area contributed by atoms with Crippen molar-refractivity contribution >= 4 is 10.9 Å². The molecule has 0 spiro atoms. The highest BCUT2D eigenvalue weighted by Crippen LogP contribution is 2.25. The van der Waals surface area contributed by atoms with Crippen molar-refractivity contribution in [3.05, 3.63) is 30.0 Å². The van der Waals surface area contributed by atoms with Gasteiger partial charge in [-0.1, -0.05) is 12.8 Å². The van der Waals surface area contributed by atoms with Crippen LogP contribution in [-0.2, 0) is 13.1 Å². The first kappa shape index (κ1) is 12.5. The fourth-order valence-electron chi connectivity index (χ4n) is 3.20. The highest BCUT2D eigenvalue weighted by molar-refractivity contribution is 5.82. The third-order valence-corrected chi connectivity index (χ3v) is 4.22. The summed E-state index contributed by atoms with van der Waals surface area (Å²) < 4.78 is 2.29. The predicted octanol–water partition coefficient (Wildman–Crippen LogP) is 3.40. The van der Waals surface area contributed by atoms with E-state index >= 15 is 0 Å². The number of benzene rings is 1. The van der Waals surface area contributed by atoms with E-state index in [9.17, 15) is 5.11 Å². The summed E-state index contributed by atoms with van der Waals surface area (Å²) >= 11 is 0. The SMILES string of the molecule is CCn1c(CNC2CCCC2)cc2ccc(O)cc21. The number of aromatic hydroxyl groups is 1. The molecule has 0 bridgehead atoms. The fraction of sp³-hybridized carbons (Fsp3) is 0.500. The summed E-state index contributed by atoms with van der Waals surface area (Å²) in [6, 6.07) is 8.54. The van der Waals surface area contributed by atoms with E-state index in [0.717, 1.165) is 18.6 Å². The molecule has 0 unspecified atom stereocenters. The van der Waals surface area contributed by atoms with Gasteiger partial charge in [0, 0.05) is 36.3 Å². The maximum atomic E-state index is 9.63. The van der Waals surface area contributed by atoms with Crippen molar-refractivity contribution in [1.29, 1.82) is 0 Å². The lowest BCUT2D eigenvalue weighted by molar-refractivity contribution is 0.475. The summed E-state index contributed by atoms with van der Waals surface area (Å²) in [6.45, 7) is 4.02. The predicted molar refractivity (Wildman–Crippen MR) is 78.4 cm³/mol. The summed E-state index contributed by atoms with van der Waals surface area (Å²) in [5.41, 5.74) is 2.45. The largest absolute Gasteiger partial charge is 0.508 e. The Hall–Kier alpha value is -1.48. The van der Waals surface area contributed by atoms with Crippen LogP contribution in [0.5, 0.6) is 5.75 Å². The number of fused-ring (bicyclic) bond motifs is 1. The molecule has 0 saturated heterocycles. The average molecular weight is 258 g/mol. The molecule has 1 aliphatic carbocycles. The fourth-order valence-corrected chi connectivity index (χ4v) is 3.20. The highest BCUT2D eigenvalue weighted by Gasteiger charge is 2.15. The molecule has 1 aliphatic rings. The third kappa shape index (κ3) is 2.47. The maximum Gasteiger partial charge on any atom is 0.117 e. The Bertz CT molecular complexity index is 567. The van der Waals surface area contributed by atoms with Crippen LogP contribution in [0.3, 0.4) is 0 Å². The van der Waals surface area contributed by atoms with Gasteiger partial charge in [0.1, 0.15) is 5.75 Å². The van der Waals surface area contributed by atoms with Crippen LogP contribution in [0.2, 0.25) is 0 Å². The lowest BCUT2D eigenvalue weighted by Crippen LogP contribution is -2.26. The molecule has 0 atom stereocenters. The summed E-state index contributed by atoms with van der Waals surface area (Å²) in [4.78, 5) is 0. The van der Waals surface area contributed by atoms with E-state index in [1.807, 2.05) is 12.1 Å². The number of aromatic nitrogens is 1. The van der Waals surface area contributed by atoms with Crippen molar-refractivity contribution in [2.75, 3.05) is 0 Å². The van der Waals surface area contributed by atoms with Gasteiger partial charge in [0.15, 0.2) is 0 Å². The molecule has 1 fully saturated rings. The second kappa shape index (κ2) is 5.25. The number of rotatable bonds is 4. The van der Waals surface area contributed by atoms with E-state index in [0.29, 0.717) is 11.8 Å². The molecule has 0 aliphatic heterocycles. The monoisotopic (exact) mass is 258 g/mol. The molecule has 19 heavy (non-hydrogen) atoms. The maximum absolute atomic E-state index is 9.63. The van der Waals surface area contributed by atoms with Gasteiger partial charge < -0.3 is 15.0 Å². The second-order valence-electron chi connectivity index (χ2n) is 5.49. The Morgan fingerprint density at radius 1 is 1.26 bits per heavy atom. The zero-order chi connectivity index (χ0) is 13.2. The van der Waals surface area contributed by atoms with Gasteiger partial charge in [-0.3, -0.25) is 0 Å². The first-order valence-electron chi connectivity index (χ1n) is 7.32. The zero-order valence-electron chi connectivity index (χ0n) is 11.5. The van der Waals surface area contributed by atoms with E-state index in [1.165, 1.54) is 36.8 Å². The average Bonchev–Trinajstić information content (AvgIpc) is 3.02. The quantitative estimate of drug-likeness (QED) is 0.882. The highest BCUT2D eigenvalue weighted by atomic mass is 16.3. The second-order valence-corrected chi connectivity index (χ2v) is 5.49. The molecular formula is C16H22N2O. The topological polar surface area (TPSA) is 37.2 Å². The van der Waals surface area contributed by atoms with Crippen LogP contribution in [0.15, 0.2) is 24.3 Å². The number of nitrogens with zero attached hydrogens (tertiary/aromatic N) is 1. The van der Waals surface area contributed by atoms with Crippen LogP contribution in [0.25, 0.3) is 10.9 Å². The van der Waals surface area contributed by atoms with Gasteiger partial charge in [-0.15, -0.1) is 0 Å². The Morgan fingerprint density at radius 2 is 2.05 bits per heavy atom. The number of phenolic OH excluding ortho intramolecular Hbond substituents is 1. The van der Waals surface area contributed by atoms with Gasteiger partial charge in [-0.25, -0.2) is 0 Å². The van der Waals surface area contributed by atoms with Gasteiger partial charge in [0.05, 0.1) is 5.52 Å². The molecule has 1 aromatic carbocycles. The molecule has 3 rings (SSSR count). The summed E-state index contributed by atoms with van der Waals surface area (Å²) in [5, 5.41) is 14.5. The lowest BCUT2D eigenvalue weighted by Gasteiger charge is -2.13. The Labute approximate surface area is 114 Å². The van der Waals surface area contributed by atoms with E-state index in [-0.39, 0.29) is 0 Å². The van der Waals surface area contributed by atoms with Crippen molar-refractivity contribution in [2.24, 2.45) is 0 Å². The van der Waals surface area contributed by atoms with Gasteiger partial charge in [-0.05, 0) is 38.0 Å². The van der Waals surface area contributed by atoms with Crippen LogP contribution in [0.1, 0.15) is 38.3 Å². The molecule has 3 nitrogen and oxygen atoms in total. The van der Waals surface area contributed by atoms with Crippen LogP contribution >= 0.6 is 0 Å². The molecular weight excluding hydrogens is 236 g/mol. The lowest BCUT2D eigenvalue weighted by atomic mass is 10.2. The Kier molecular flexibility index (Phi) is 3.47. The van der Waals surface area contributed by atoms with Crippen LogP contribution in [-0.4, -0.2) is 15.7 Å². The molecule has 1 heterocycles. The summed E-state index contributed by atoms with van der Waals surface area (Å²) in [7, 11) is 0. The minimum Gasteiger partial charge on any atom is -0.508 e. The first-order chi connectivity index (χ1) is 9.28. The standard InChI is InChI=1S/C16H22N2O/c1-2-18-14(11-17-13-5-3-4-6-13)9-12-7-8-15(19)10-16(12)18/h7-10,13,17,19H,2-6,11H2,1H3. The molecule has 1 saturated carbocycles. The van der Waals surface area contributed by atoms with Gasteiger partial charge in [0.2, 0.25) is 0 Å². The van der Waals surface area contributed by atoms with E-state index in [1.54, 1.807) is 6.07 Å². The molecule has 3 heteroatoms. The number of hydrogen-bond donors (Lipinski definition) is 2. The number of hydrogen-bond acceptors (Lipinski definition) is 2. The van der Waals surface area contributed by atoms with E-state index < -0.39 is 0 Å². The van der Waals surface area contributed by atoms with E-state index in [4.69, 9.17) is 0 Å². The Morgan fingerprint density at radius 3 is 2.79 bits per heavy atom. The summed E-state index contributed by atoms with van der Waals surface area (Å²) in [5.74, 6) is 0.343.